The van der Waals surface area contributed by atoms with E-state index in [4.69, 9.17) is 29.7 Å². The number of rotatable bonds is 22. The number of carbonyl (C=O) groups excluding carboxylic acids is 1. The lowest BCUT2D eigenvalue weighted by Gasteiger charge is -2.30. The number of benzene rings is 4. The van der Waals surface area contributed by atoms with E-state index in [0.29, 0.717) is 59.4 Å². The lowest BCUT2D eigenvalue weighted by Crippen LogP contribution is -2.31. The van der Waals surface area contributed by atoms with E-state index in [-0.39, 0.29) is 24.3 Å². The molecule has 8 heteroatoms. The fourth-order valence-corrected chi connectivity index (χ4v) is 6.14. The number of carbonyl (C=O) groups is 1. The highest BCUT2D eigenvalue weighted by molar-refractivity contribution is 5.76. The second-order valence-corrected chi connectivity index (χ2v) is 12.2. The quantitative estimate of drug-likeness (QED) is 0.0747. The molecule has 0 spiro atoms. The SMILES string of the molecule is Cc1c(-c2ccccc2)cccc1-c1ccc(C(NCCOCCOCCOCCOCCC(N)=O)C(c2ccccc2)c2ccccc2)cn1. The molecular formula is C43H49N3O5. The number of amides is 1. The molecule has 0 aliphatic carbocycles. The van der Waals surface area contributed by atoms with Gasteiger partial charge in [0.1, 0.15) is 0 Å². The van der Waals surface area contributed by atoms with Gasteiger partial charge in [0.05, 0.1) is 58.5 Å². The number of nitrogens with zero attached hydrogens (tertiary/aromatic N) is 1. The molecule has 5 aromatic rings. The fourth-order valence-electron chi connectivity index (χ4n) is 6.14. The second kappa shape index (κ2) is 20.8. The van der Waals surface area contributed by atoms with Gasteiger partial charge in [-0.25, -0.2) is 0 Å². The van der Waals surface area contributed by atoms with Crippen molar-refractivity contribution in [2.24, 2.45) is 5.73 Å². The molecule has 266 valence electrons. The van der Waals surface area contributed by atoms with Gasteiger partial charge in [-0.05, 0) is 46.4 Å². The van der Waals surface area contributed by atoms with E-state index in [1.807, 2.05) is 12.3 Å². The van der Waals surface area contributed by atoms with Crippen molar-refractivity contribution in [2.45, 2.75) is 25.3 Å². The normalized spacial score (nSPS) is 11.9. The first-order valence-corrected chi connectivity index (χ1v) is 17.7. The first-order valence-electron chi connectivity index (χ1n) is 17.7. The van der Waals surface area contributed by atoms with Crippen LogP contribution in [0, 0.1) is 6.92 Å². The number of ether oxygens (including phenoxy) is 4. The zero-order valence-corrected chi connectivity index (χ0v) is 29.4. The molecule has 1 aromatic heterocycles. The molecule has 3 N–H and O–H groups in total. The molecule has 0 aliphatic heterocycles. The minimum Gasteiger partial charge on any atom is -0.379 e. The predicted octanol–water partition coefficient (Wildman–Crippen LogP) is 7.13. The van der Waals surface area contributed by atoms with E-state index in [9.17, 15) is 4.79 Å². The molecule has 0 aliphatic rings. The van der Waals surface area contributed by atoms with Crippen molar-refractivity contribution in [3.05, 3.63) is 150 Å². The van der Waals surface area contributed by atoms with Crippen LogP contribution in [0.4, 0.5) is 0 Å². The maximum atomic E-state index is 10.7. The van der Waals surface area contributed by atoms with Gasteiger partial charge in [-0.1, -0.05) is 115 Å². The Morgan fingerprint density at radius 3 is 1.69 bits per heavy atom. The second-order valence-electron chi connectivity index (χ2n) is 12.2. The Morgan fingerprint density at radius 2 is 1.14 bits per heavy atom. The van der Waals surface area contributed by atoms with Crippen molar-refractivity contribution in [2.75, 3.05) is 59.4 Å². The minimum atomic E-state index is -0.370. The number of hydrogen-bond donors (Lipinski definition) is 2. The zero-order valence-electron chi connectivity index (χ0n) is 29.4. The van der Waals surface area contributed by atoms with E-state index in [2.05, 4.69) is 128 Å². The molecule has 51 heavy (non-hydrogen) atoms. The van der Waals surface area contributed by atoms with Crippen molar-refractivity contribution < 1.29 is 23.7 Å². The lowest BCUT2D eigenvalue weighted by molar-refractivity contribution is -0.119. The van der Waals surface area contributed by atoms with E-state index < -0.39 is 0 Å². The highest BCUT2D eigenvalue weighted by Crippen LogP contribution is 2.38. The van der Waals surface area contributed by atoms with Crippen molar-refractivity contribution in [1.29, 1.82) is 0 Å². The zero-order chi connectivity index (χ0) is 35.5. The van der Waals surface area contributed by atoms with Gasteiger partial charge < -0.3 is 30.0 Å². The average Bonchev–Trinajstić information content (AvgIpc) is 3.17. The summed E-state index contributed by atoms with van der Waals surface area (Å²) in [5, 5.41) is 3.82. The van der Waals surface area contributed by atoms with Crippen molar-refractivity contribution >= 4 is 5.91 Å². The number of nitrogens with two attached hydrogens (primary N) is 1. The van der Waals surface area contributed by atoms with E-state index >= 15 is 0 Å². The topological polar surface area (TPSA) is 105 Å². The molecule has 5 rings (SSSR count). The van der Waals surface area contributed by atoms with Crippen LogP contribution in [0.3, 0.4) is 0 Å². The first-order chi connectivity index (χ1) is 25.1. The predicted molar refractivity (Wildman–Crippen MR) is 202 cm³/mol. The third-order valence-electron chi connectivity index (χ3n) is 8.71. The smallest absolute Gasteiger partial charge is 0.219 e. The number of pyridine rings is 1. The molecule has 8 nitrogen and oxygen atoms in total. The number of nitrogens with one attached hydrogen (secondary N) is 1. The maximum Gasteiger partial charge on any atom is 0.219 e. The summed E-state index contributed by atoms with van der Waals surface area (Å²) in [7, 11) is 0. The van der Waals surface area contributed by atoms with Gasteiger partial charge in [0.25, 0.3) is 0 Å². The summed E-state index contributed by atoms with van der Waals surface area (Å²) in [5.41, 5.74) is 14.4. The third-order valence-corrected chi connectivity index (χ3v) is 8.71. The van der Waals surface area contributed by atoms with Gasteiger partial charge in [0.15, 0.2) is 0 Å². The van der Waals surface area contributed by atoms with Crippen LogP contribution in [0.15, 0.2) is 128 Å². The summed E-state index contributed by atoms with van der Waals surface area (Å²) >= 11 is 0. The largest absolute Gasteiger partial charge is 0.379 e. The summed E-state index contributed by atoms with van der Waals surface area (Å²) < 4.78 is 22.4. The van der Waals surface area contributed by atoms with Gasteiger partial charge in [-0.3, -0.25) is 9.78 Å². The summed E-state index contributed by atoms with van der Waals surface area (Å²) in [6, 6.07) is 42.5. The third kappa shape index (κ3) is 11.7. The standard InChI is InChI=1S/C43H49N3O5/c1-33-38(34-12-5-2-6-13-34)18-11-19-39(33)40-21-20-37(32-46-40)43(42(35-14-7-3-8-15-35)36-16-9-4-10-17-36)45-23-25-49-27-29-51-31-30-50-28-26-48-24-22-41(44)47/h2-21,32,42-43,45H,22-31H2,1H3,(H2,44,47). The van der Waals surface area contributed by atoms with E-state index in [1.54, 1.807) is 0 Å². The molecule has 0 bridgehead atoms. The summed E-state index contributed by atoms with van der Waals surface area (Å²) in [5.74, 6) is -0.315. The number of hydrogen-bond acceptors (Lipinski definition) is 7. The van der Waals surface area contributed by atoms with Gasteiger partial charge in [0.2, 0.25) is 5.91 Å². The Bertz CT molecular complexity index is 1680. The first kappa shape index (κ1) is 37.6. The molecule has 0 saturated heterocycles. The molecule has 1 atom stereocenters. The Hall–Kier alpha value is -4.70. The Labute approximate surface area is 301 Å². The van der Waals surface area contributed by atoms with Crippen LogP contribution >= 0.6 is 0 Å². The Balaban J connectivity index is 1.21. The van der Waals surface area contributed by atoms with Crippen LogP contribution < -0.4 is 11.1 Å². The highest BCUT2D eigenvalue weighted by atomic mass is 16.6. The van der Waals surface area contributed by atoms with Crippen molar-refractivity contribution in [3.63, 3.8) is 0 Å². The molecule has 1 amide bonds. The molecule has 0 radical (unpaired) electrons. The number of aromatic nitrogens is 1. The van der Waals surface area contributed by atoms with Crippen LogP contribution in [-0.4, -0.2) is 70.3 Å². The molecular weight excluding hydrogens is 638 g/mol. The molecule has 0 fully saturated rings. The van der Waals surface area contributed by atoms with Crippen LogP contribution in [0.2, 0.25) is 0 Å². The molecule has 4 aromatic carbocycles. The Kier molecular flexibility index (Phi) is 15.4. The van der Waals surface area contributed by atoms with Gasteiger partial charge in [-0.2, -0.15) is 0 Å². The molecule has 1 unspecified atom stereocenters. The summed E-state index contributed by atoms with van der Waals surface area (Å²) in [4.78, 5) is 15.8. The number of primary amides is 1. The van der Waals surface area contributed by atoms with Crippen LogP contribution in [0.5, 0.6) is 0 Å². The average molecular weight is 688 g/mol. The van der Waals surface area contributed by atoms with Gasteiger partial charge in [0, 0.05) is 36.7 Å². The van der Waals surface area contributed by atoms with Crippen LogP contribution in [0.25, 0.3) is 22.4 Å². The van der Waals surface area contributed by atoms with Crippen LogP contribution in [-0.2, 0) is 23.7 Å². The maximum absolute atomic E-state index is 10.7. The fraction of sp³-hybridized carbons (Fsp3) is 0.302. The van der Waals surface area contributed by atoms with Gasteiger partial charge in [-0.15, -0.1) is 0 Å². The summed E-state index contributed by atoms with van der Waals surface area (Å²) in [6.07, 6.45) is 2.24. The van der Waals surface area contributed by atoms with E-state index in [0.717, 1.165) is 16.8 Å². The lowest BCUT2D eigenvalue weighted by atomic mass is 9.82. The Morgan fingerprint density at radius 1 is 0.608 bits per heavy atom. The van der Waals surface area contributed by atoms with Crippen molar-refractivity contribution in [3.8, 4) is 22.4 Å². The summed E-state index contributed by atoms with van der Waals surface area (Å²) in [6.45, 7) is 6.44. The molecule has 1 heterocycles. The minimum absolute atomic E-state index is 0.0510. The van der Waals surface area contributed by atoms with Crippen molar-refractivity contribution in [1.82, 2.24) is 10.3 Å². The van der Waals surface area contributed by atoms with E-state index in [1.165, 1.54) is 27.8 Å². The monoisotopic (exact) mass is 687 g/mol. The van der Waals surface area contributed by atoms with Gasteiger partial charge >= 0.3 is 0 Å². The molecule has 0 saturated carbocycles. The highest BCUT2D eigenvalue weighted by Gasteiger charge is 2.26. The van der Waals surface area contributed by atoms with Crippen LogP contribution in [0.1, 0.15) is 40.6 Å².